The number of aryl methyl sites for hydroxylation is 1. The summed E-state index contributed by atoms with van der Waals surface area (Å²) in [4.78, 5) is 36.8. The monoisotopic (exact) mass is 436 g/mol. The summed E-state index contributed by atoms with van der Waals surface area (Å²) in [5.74, 6) is -0.535. The predicted octanol–water partition coefficient (Wildman–Crippen LogP) is 1.99. The Hall–Kier alpha value is -3.51. The summed E-state index contributed by atoms with van der Waals surface area (Å²) in [5.41, 5.74) is 3.22. The van der Waals surface area contributed by atoms with Gasteiger partial charge in [-0.05, 0) is 38.5 Å². The summed E-state index contributed by atoms with van der Waals surface area (Å²) in [6.45, 7) is 8.07. The number of carbonyl (C=O) groups is 2. The van der Waals surface area contributed by atoms with Gasteiger partial charge < -0.3 is 19.1 Å². The van der Waals surface area contributed by atoms with Crippen LogP contribution in [-0.4, -0.2) is 76.0 Å². The number of aromatic nitrogens is 3. The molecule has 0 saturated carbocycles. The minimum Gasteiger partial charge on any atom is -0.383 e. The van der Waals surface area contributed by atoms with Gasteiger partial charge in [0.2, 0.25) is 0 Å². The molecule has 168 valence electrons. The highest BCUT2D eigenvalue weighted by Gasteiger charge is 2.27. The Balaban J connectivity index is 1.71. The highest BCUT2D eigenvalue weighted by molar-refractivity contribution is 6.02. The second kappa shape index (κ2) is 10.2. The molecule has 2 aromatic rings. The number of carbonyl (C=O) groups excluding carboxylic acids is 2. The highest BCUT2D eigenvalue weighted by Crippen LogP contribution is 2.23. The van der Waals surface area contributed by atoms with Gasteiger partial charge in [-0.2, -0.15) is 5.26 Å². The van der Waals surface area contributed by atoms with Crippen molar-refractivity contribution >= 4 is 17.9 Å². The number of hydrogen-bond acceptors (Lipinski definition) is 6. The number of amides is 2. The van der Waals surface area contributed by atoms with Gasteiger partial charge in [-0.1, -0.05) is 0 Å². The van der Waals surface area contributed by atoms with E-state index in [9.17, 15) is 14.9 Å². The lowest BCUT2D eigenvalue weighted by atomic mass is 10.1. The average molecular weight is 437 g/mol. The fourth-order valence-electron chi connectivity index (χ4n) is 4.09. The van der Waals surface area contributed by atoms with Crippen molar-refractivity contribution in [3.8, 4) is 6.07 Å². The van der Waals surface area contributed by atoms with Gasteiger partial charge in [0.25, 0.3) is 11.8 Å². The summed E-state index contributed by atoms with van der Waals surface area (Å²) < 4.78 is 7.41. The van der Waals surface area contributed by atoms with Gasteiger partial charge >= 0.3 is 0 Å². The van der Waals surface area contributed by atoms with Crippen molar-refractivity contribution in [1.82, 2.24) is 24.3 Å². The number of ether oxygens (including phenoxy) is 1. The molecule has 9 nitrogen and oxygen atoms in total. The van der Waals surface area contributed by atoms with Crippen LogP contribution in [-0.2, 0) is 9.53 Å². The normalized spacial score (nSPS) is 15.4. The Labute approximate surface area is 187 Å². The van der Waals surface area contributed by atoms with Crippen LogP contribution in [0.1, 0.15) is 40.4 Å². The molecule has 0 spiro atoms. The fourth-order valence-corrected chi connectivity index (χ4v) is 4.09. The van der Waals surface area contributed by atoms with Crippen LogP contribution in [0.4, 0.5) is 0 Å². The van der Waals surface area contributed by atoms with Gasteiger partial charge in [0.05, 0.1) is 18.8 Å². The molecule has 0 bridgehead atoms. The van der Waals surface area contributed by atoms with Crippen LogP contribution in [0.3, 0.4) is 0 Å². The molecular formula is C23H28N6O3. The summed E-state index contributed by atoms with van der Waals surface area (Å²) in [7, 11) is 1.67. The average Bonchev–Trinajstić information content (AvgIpc) is 3.10. The first-order valence-electron chi connectivity index (χ1n) is 10.5. The molecule has 3 heterocycles. The molecule has 2 amide bonds. The van der Waals surface area contributed by atoms with Gasteiger partial charge in [-0.25, -0.2) is 4.98 Å². The van der Waals surface area contributed by atoms with Crippen molar-refractivity contribution in [2.75, 3.05) is 39.9 Å². The Bertz CT molecular complexity index is 1050. The molecule has 1 aliphatic heterocycles. The lowest BCUT2D eigenvalue weighted by molar-refractivity contribution is -0.128. The Morgan fingerprint density at radius 3 is 2.50 bits per heavy atom. The molecule has 1 fully saturated rings. The topological polar surface area (TPSA) is 104 Å². The van der Waals surface area contributed by atoms with Gasteiger partial charge in [0, 0.05) is 57.1 Å². The molecule has 2 aromatic heterocycles. The van der Waals surface area contributed by atoms with Crippen LogP contribution < -0.4 is 0 Å². The van der Waals surface area contributed by atoms with Gasteiger partial charge in [0.1, 0.15) is 17.3 Å². The van der Waals surface area contributed by atoms with E-state index in [0.717, 1.165) is 17.0 Å². The second-order valence-electron chi connectivity index (χ2n) is 7.85. The lowest BCUT2D eigenvalue weighted by Crippen LogP contribution is -2.51. The van der Waals surface area contributed by atoms with Crippen LogP contribution in [0.5, 0.6) is 0 Å². The van der Waals surface area contributed by atoms with Gasteiger partial charge in [-0.3, -0.25) is 14.6 Å². The van der Waals surface area contributed by atoms with E-state index in [0.29, 0.717) is 32.8 Å². The van der Waals surface area contributed by atoms with Crippen LogP contribution in [0.25, 0.3) is 6.08 Å². The van der Waals surface area contributed by atoms with Crippen LogP contribution in [0, 0.1) is 25.2 Å². The molecule has 3 rings (SSSR count). The van der Waals surface area contributed by atoms with Crippen molar-refractivity contribution in [3.05, 3.63) is 52.9 Å². The summed E-state index contributed by atoms with van der Waals surface area (Å²) in [6.07, 6.45) is 6.07. The Kier molecular flexibility index (Phi) is 7.38. The minimum atomic E-state index is -0.325. The second-order valence-corrected chi connectivity index (χ2v) is 7.85. The number of nitriles is 1. The van der Waals surface area contributed by atoms with Crippen LogP contribution >= 0.6 is 0 Å². The molecule has 1 atom stereocenters. The van der Waals surface area contributed by atoms with Crippen molar-refractivity contribution in [1.29, 1.82) is 5.26 Å². The third-order valence-electron chi connectivity index (χ3n) is 5.66. The Morgan fingerprint density at radius 1 is 1.22 bits per heavy atom. The zero-order valence-corrected chi connectivity index (χ0v) is 18.9. The molecule has 0 N–H and O–H groups in total. The standard InChI is InChI=1S/C23H28N6O3/c1-16-11-19(18(3)29(16)17(2)15-32-4)12-20(13-24)22(30)27-7-9-28(10-8-27)23(31)21-14-25-5-6-26-21/h5-6,11-12,14,17H,7-10,15H2,1-4H3/b20-12-. The fraction of sp³-hybridized carbons (Fsp3) is 0.435. The third-order valence-corrected chi connectivity index (χ3v) is 5.66. The quantitative estimate of drug-likeness (QED) is 0.507. The number of rotatable bonds is 6. The summed E-state index contributed by atoms with van der Waals surface area (Å²) in [5, 5.41) is 9.67. The van der Waals surface area contributed by atoms with E-state index in [4.69, 9.17) is 4.74 Å². The van der Waals surface area contributed by atoms with Gasteiger partial charge in [0.15, 0.2) is 0 Å². The zero-order valence-electron chi connectivity index (χ0n) is 18.9. The maximum absolute atomic E-state index is 13.0. The molecular weight excluding hydrogens is 408 g/mol. The van der Waals surface area contributed by atoms with Crippen LogP contribution in [0.15, 0.2) is 30.2 Å². The summed E-state index contributed by atoms with van der Waals surface area (Å²) in [6, 6.07) is 4.17. The van der Waals surface area contributed by atoms with E-state index in [1.165, 1.54) is 18.6 Å². The van der Waals surface area contributed by atoms with Crippen molar-refractivity contribution in [3.63, 3.8) is 0 Å². The van der Waals surface area contributed by atoms with Crippen molar-refractivity contribution in [2.24, 2.45) is 0 Å². The molecule has 1 aliphatic rings. The predicted molar refractivity (Wildman–Crippen MR) is 119 cm³/mol. The first kappa shape index (κ1) is 23.2. The van der Waals surface area contributed by atoms with Crippen molar-refractivity contribution < 1.29 is 14.3 Å². The number of nitrogens with zero attached hydrogens (tertiary/aromatic N) is 6. The first-order chi connectivity index (χ1) is 15.4. The molecule has 1 saturated heterocycles. The molecule has 0 aliphatic carbocycles. The molecule has 0 radical (unpaired) electrons. The van der Waals surface area contributed by atoms with E-state index in [-0.39, 0.29) is 29.1 Å². The van der Waals surface area contributed by atoms with Crippen LogP contribution in [0.2, 0.25) is 0 Å². The third kappa shape index (κ3) is 4.86. The van der Waals surface area contributed by atoms with E-state index in [1.807, 2.05) is 19.9 Å². The maximum Gasteiger partial charge on any atom is 0.274 e. The van der Waals surface area contributed by atoms with E-state index >= 15 is 0 Å². The SMILES string of the molecule is COCC(C)n1c(C)cc(/C=C(/C#N)C(=O)N2CCN(C(=O)c3cnccn3)CC2)c1C. The first-order valence-corrected chi connectivity index (χ1v) is 10.5. The van der Waals surface area contributed by atoms with E-state index in [1.54, 1.807) is 23.0 Å². The lowest BCUT2D eigenvalue weighted by Gasteiger charge is -2.34. The highest BCUT2D eigenvalue weighted by atomic mass is 16.5. The van der Waals surface area contributed by atoms with E-state index in [2.05, 4.69) is 27.5 Å². The zero-order chi connectivity index (χ0) is 23.3. The smallest absolute Gasteiger partial charge is 0.274 e. The minimum absolute atomic E-state index is 0.0818. The largest absolute Gasteiger partial charge is 0.383 e. The molecule has 32 heavy (non-hydrogen) atoms. The molecule has 0 aromatic carbocycles. The molecule has 9 heteroatoms. The molecule has 1 unspecified atom stereocenters. The van der Waals surface area contributed by atoms with Gasteiger partial charge in [-0.15, -0.1) is 0 Å². The summed E-state index contributed by atoms with van der Waals surface area (Å²) >= 11 is 0. The maximum atomic E-state index is 13.0. The van der Waals surface area contributed by atoms with E-state index < -0.39 is 0 Å². The number of hydrogen-bond donors (Lipinski definition) is 0. The Morgan fingerprint density at radius 2 is 1.91 bits per heavy atom. The number of methoxy groups -OCH3 is 1. The van der Waals surface area contributed by atoms with Crippen molar-refractivity contribution in [2.45, 2.75) is 26.8 Å². The number of piperazine rings is 1.